The molecule has 1 fully saturated rings. The number of ether oxygens (including phenoxy) is 1. The maximum Gasteiger partial charge on any atom is 0.250 e. The van der Waals surface area contributed by atoms with E-state index in [4.69, 9.17) is 10.5 Å². The number of hydrogen-bond donors (Lipinski definition) is 2. The molecule has 1 aliphatic rings. The predicted octanol–water partition coefficient (Wildman–Crippen LogP) is 2.60. The van der Waals surface area contributed by atoms with Gasteiger partial charge in [-0.25, -0.2) is 9.97 Å². The van der Waals surface area contributed by atoms with E-state index in [1.54, 1.807) is 19.2 Å². The summed E-state index contributed by atoms with van der Waals surface area (Å²) in [5, 5.41) is 4.33. The molecule has 144 valence electrons. The number of methoxy groups -OCH3 is 1. The first-order valence-electron chi connectivity index (χ1n) is 9.32. The molecular weight excluding hydrogens is 354 g/mol. The Morgan fingerprint density at radius 2 is 2.07 bits per heavy atom. The number of aromatic nitrogens is 2. The predicted molar refractivity (Wildman–Crippen MR) is 108 cm³/mol. The van der Waals surface area contributed by atoms with Gasteiger partial charge in [-0.1, -0.05) is 18.2 Å². The van der Waals surface area contributed by atoms with Crippen LogP contribution in [0.25, 0.3) is 10.9 Å². The molecule has 1 atom stereocenters. The summed E-state index contributed by atoms with van der Waals surface area (Å²) >= 11 is 0. The standard InChI is InChI=1S/C21H23N5O2/c1-28-15-6-2-5-14(11-15)18(12-26-9-4-10-26)25-21-17-8-3-7-16(20(22)27)19(17)23-13-24-21/h2-3,5-8,11,13,18H,4,9-10,12H2,1H3,(H2,22,27)(H,23,24,25). The molecule has 0 saturated carbocycles. The average molecular weight is 377 g/mol. The van der Waals surface area contributed by atoms with E-state index in [9.17, 15) is 4.79 Å². The lowest BCUT2D eigenvalue weighted by Crippen LogP contribution is -2.41. The summed E-state index contributed by atoms with van der Waals surface area (Å²) in [5.41, 5.74) is 7.57. The first-order chi connectivity index (χ1) is 13.7. The number of nitrogens with two attached hydrogens (primary N) is 1. The lowest BCUT2D eigenvalue weighted by molar-refractivity contribution is 0.100. The van der Waals surface area contributed by atoms with Gasteiger partial charge in [0.1, 0.15) is 17.9 Å². The first-order valence-corrected chi connectivity index (χ1v) is 9.32. The van der Waals surface area contributed by atoms with Crippen molar-refractivity contribution < 1.29 is 9.53 Å². The summed E-state index contributed by atoms with van der Waals surface area (Å²) in [7, 11) is 1.67. The van der Waals surface area contributed by atoms with Crippen molar-refractivity contribution in [1.29, 1.82) is 0 Å². The number of likely N-dealkylation sites (tertiary alicyclic amines) is 1. The van der Waals surface area contributed by atoms with Crippen molar-refractivity contribution in [3.05, 3.63) is 59.9 Å². The van der Waals surface area contributed by atoms with Crippen LogP contribution >= 0.6 is 0 Å². The zero-order valence-electron chi connectivity index (χ0n) is 15.8. The quantitative estimate of drug-likeness (QED) is 0.657. The van der Waals surface area contributed by atoms with Gasteiger partial charge in [0.25, 0.3) is 5.91 Å². The number of hydrogen-bond acceptors (Lipinski definition) is 6. The molecule has 2 heterocycles. The van der Waals surface area contributed by atoms with Gasteiger partial charge in [-0.3, -0.25) is 4.79 Å². The van der Waals surface area contributed by atoms with Gasteiger partial charge in [-0.05, 0) is 49.3 Å². The molecule has 7 nitrogen and oxygen atoms in total. The van der Waals surface area contributed by atoms with Crippen LogP contribution in [0, 0.1) is 0 Å². The molecule has 0 bridgehead atoms. The second-order valence-electron chi connectivity index (χ2n) is 6.92. The summed E-state index contributed by atoms with van der Waals surface area (Å²) in [6, 6.07) is 13.4. The highest BCUT2D eigenvalue weighted by molar-refractivity contribution is 6.06. The van der Waals surface area contributed by atoms with Crippen molar-refractivity contribution >= 4 is 22.6 Å². The number of para-hydroxylation sites is 1. The van der Waals surface area contributed by atoms with Gasteiger partial charge in [0, 0.05) is 11.9 Å². The van der Waals surface area contributed by atoms with Crippen molar-refractivity contribution in [3.8, 4) is 5.75 Å². The normalized spacial score (nSPS) is 15.0. The van der Waals surface area contributed by atoms with Crippen LogP contribution < -0.4 is 15.8 Å². The number of amides is 1. The number of carbonyl (C=O) groups is 1. The molecule has 1 aromatic heterocycles. The number of fused-ring (bicyclic) bond motifs is 1. The largest absolute Gasteiger partial charge is 0.497 e. The molecule has 2 aromatic carbocycles. The number of primary amides is 1. The zero-order chi connectivity index (χ0) is 19.5. The van der Waals surface area contributed by atoms with E-state index >= 15 is 0 Å². The van der Waals surface area contributed by atoms with Gasteiger partial charge in [-0.15, -0.1) is 0 Å². The molecule has 3 aromatic rings. The smallest absolute Gasteiger partial charge is 0.250 e. The van der Waals surface area contributed by atoms with Crippen LogP contribution in [0.1, 0.15) is 28.4 Å². The number of rotatable bonds is 7. The summed E-state index contributed by atoms with van der Waals surface area (Å²) in [6.07, 6.45) is 2.69. The Kier molecular flexibility index (Phi) is 5.08. The number of carbonyl (C=O) groups excluding carboxylic acids is 1. The van der Waals surface area contributed by atoms with E-state index in [2.05, 4.69) is 26.3 Å². The van der Waals surface area contributed by atoms with Crippen molar-refractivity contribution in [2.24, 2.45) is 5.73 Å². The van der Waals surface area contributed by atoms with E-state index in [-0.39, 0.29) is 6.04 Å². The lowest BCUT2D eigenvalue weighted by Gasteiger charge is -2.35. The minimum Gasteiger partial charge on any atom is -0.497 e. The Hall–Kier alpha value is -3.19. The summed E-state index contributed by atoms with van der Waals surface area (Å²) in [5.74, 6) is 0.998. The lowest BCUT2D eigenvalue weighted by atomic mass is 10.0. The number of nitrogens with one attached hydrogen (secondary N) is 1. The molecule has 4 rings (SSSR count). The van der Waals surface area contributed by atoms with Gasteiger partial charge < -0.3 is 20.7 Å². The fourth-order valence-electron chi connectivity index (χ4n) is 3.48. The number of anilines is 1. The SMILES string of the molecule is COc1cccc(C(CN2CCC2)Nc2ncnc3c(C(N)=O)cccc23)c1. The van der Waals surface area contributed by atoms with E-state index in [1.165, 1.54) is 12.7 Å². The van der Waals surface area contributed by atoms with Gasteiger partial charge in [-0.2, -0.15) is 0 Å². The minimum atomic E-state index is -0.500. The molecule has 1 amide bonds. The van der Waals surface area contributed by atoms with Crippen LogP contribution in [-0.4, -0.2) is 47.5 Å². The Morgan fingerprint density at radius 1 is 1.25 bits per heavy atom. The highest BCUT2D eigenvalue weighted by Gasteiger charge is 2.22. The van der Waals surface area contributed by atoms with Crippen molar-refractivity contribution in [3.63, 3.8) is 0 Å². The summed E-state index contributed by atoms with van der Waals surface area (Å²) in [6.45, 7) is 3.05. The summed E-state index contributed by atoms with van der Waals surface area (Å²) < 4.78 is 5.39. The van der Waals surface area contributed by atoms with Gasteiger partial charge in [0.2, 0.25) is 0 Å². The van der Waals surface area contributed by atoms with Crippen LogP contribution in [0.2, 0.25) is 0 Å². The van der Waals surface area contributed by atoms with Crippen molar-refractivity contribution in [1.82, 2.24) is 14.9 Å². The molecular formula is C21H23N5O2. The topological polar surface area (TPSA) is 93.4 Å². The highest BCUT2D eigenvalue weighted by atomic mass is 16.5. The van der Waals surface area contributed by atoms with Gasteiger partial charge in [0.05, 0.1) is 24.2 Å². The minimum absolute atomic E-state index is 0.0192. The second kappa shape index (κ2) is 7.82. The van der Waals surface area contributed by atoms with E-state index in [0.29, 0.717) is 16.9 Å². The number of benzene rings is 2. The van der Waals surface area contributed by atoms with Crippen molar-refractivity contribution in [2.45, 2.75) is 12.5 Å². The molecule has 1 unspecified atom stereocenters. The third-order valence-electron chi connectivity index (χ3n) is 5.13. The average Bonchev–Trinajstić information content (AvgIpc) is 2.69. The fourth-order valence-corrected chi connectivity index (χ4v) is 3.48. The highest BCUT2D eigenvalue weighted by Crippen LogP contribution is 2.28. The Balaban J connectivity index is 1.72. The third-order valence-corrected chi connectivity index (χ3v) is 5.13. The van der Waals surface area contributed by atoms with Crippen molar-refractivity contribution in [2.75, 3.05) is 32.1 Å². The maximum atomic E-state index is 11.8. The second-order valence-corrected chi connectivity index (χ2v) is 6.92. The number of nitrogens with zero attached hydrogens (tertiary/aromatic N) is 3. The monoisotopic (exact) mass is 377 g/mol. The Bertz CT molecular complexity index is 1000. The van der Waals surface area contributed by atoms with Crippen LogP contribution in [0.15, 0.2) is 48.8 Å². The fraction of sp³-hybridized carbons (Fsp3) is 0.286. The van der Waals surface area contributed by atoms with Crippen LogP contribution in [0.4, 0.5) is 5.82 Å². The van der Waals surface area contributed by atoms with Crippen LogP contribution in [0.3, 0.4) is 0 Å². The molecule has 0 radical (unpaired) electrons. The Morgan fingerprint density at radius 3 is 2.79 bits per heavy atom. The Labute approximate surface area is 163 Å². The molecule has 1 aliphatic heterocycles. The zero-order valence-corrected chi connectivity index (χ0v) is 15.8. The summed E-state index contributed by atoms with van der Waals surface area (Å²) in [4.78, 5) is 22.9. The first kappa shape index (κ1) is 18.2. The van der Waals surface area contributed by atoms with Crippen LogP contribution in [-0.2, 0) is 0 Å². The molecule has 0 aliphatic carbocycles. The van der Waals surface area contributed by atoms with E-state index < -0.39 is 5.91 Å². The maximum absolute atomic E-state index is 11.8. The molecule has 1 saturated heterocycles. The van der Waals surface area contributed by atoms with E-state index in [0.717, 1.165) is 36.3 Å². The van der Waals surface area contributed by atoms with Crippen LogP contribution in [0.5, 0.6) is 5.75 Å². The van der Waals surface area contributed by atoms with Gasteiger partial charge >= 0.3 is 0 Å². The molecule has 3 N–H and O–H groups in total. The van der Waals surface area contributed by atoms with E-state index in [1.807, 2.05) is 24.3 Å². The van der Waals surface area contributed by atoms with Gasteiger partial charge in [0.15, 0.2) is 0 Å². The molecule has 0 spiro atoms. The molecule has 7 heteroatoms. The molecule has 28 heavy (non-hydrogen) atoms. The third kappa shape index (κ3) is 3.61.